The van der Waals surface area contributed by atoms with Crippen LogP contribution >= 0.6 is 0 Å². The van der Waals surface area contributed by atoms with Gasteiger partial charge in [-0.2, -0.15) is 0 Å². The maximum atomic E-state index is 12.4. The van der Waals surface area contributed by atoms with Crippen LogP contribution in [0, 0.1) is 5.41 Å². The topological polar surface area (TPSA) is 61.4 Å². The number of aliphatic hydroxyl groups is 1. The molecule has 0 aromatic heterocycles. The van der Waals surface area contributed by atoms with Crippen molar-refractivity contribution in [1.82, 2.24) is 10.6 Å². The van der Waals surface area contributed by atoms with Crippen LogP contribution in [0.5, 0.6) is 0 Å². The average molecular weight is 242 g/mol. The lowest BCUT2D eigenvalue weighted by molar-refractivity contribution is -0.134. The maximum absolute atomic E-state index is 12.4. The van der Waals surface area contributed by atoms with Crippen LogP contribution in [0.3, 0.4) is 0 Å². The van der Waals surface area contributed by atoms with Gasteiger partial charge >= 0.3 is 0 Å². The van der Waals surface area contributed by atoms with Gasteiger partial charge in [0.05, 0.1) is 18.1 Å². The van der Waals surface area contributed by atoms with Crippen molar-refractivity contribution in [2.75, 3.05) is 19.7 Å². The van der Waals surface area contributed by atoms with Gasteiger partial charge in [-0.3, -0.25) is 4.79 Å². The first-order valence-electron chi connectivity index (χ1n) is 6.81. The van der Waals surface area contributed by atoms with Crippen molar-refractivity contribution in [3.63, 3.8) is 0 Å². The zero-order valence-electron chi connectivity index (χ0n) is 11.1. The molecule has 0 radical (unpaired) electrons. The second-order valence-electron chi connectivity index (χ2n) is 5.04. The Morgan fingerprint density at radius 2 is 2.06 bits per heavy atom. The van der Waals surface area contributed by atoms with Crippen LogP contribution < -0.4 is 10.6 Å². The largest absolute Gasteiger partial charge is 0.394 e. The Morgan fingerprint density at radius 3 is 2.53 bits per heavy atom. The molecule has 0 unspecified atom stereocenters. The van der Waals surface area contributed by atoms with E-state index < -0.39 is 0 Å². The van der Waals surface area contributed by atoms with Crippen LogP contribution in [0.25, 0.3) is 0 Å². The SMILES string of the molecule is CCCC1(C(=O)N[C@@H](CC)CO)CCNCC1. The van der Waals surface area contributed by atoms with Crippen molar-refractivity contribution < 1.29 is 9.90 Å². The molecule has 1 amide bonds. The third-order valence-electron chi connectivity index (χ3n) is 3.82. The second-order valence-corrected chi connectivity index (χ2v) is 5.04. The highest BCUT2D eigenvalue weighted by molar-refractivity contribution is 5.83. The molecule has 0 spiro atoms. The molecule has 3 N–H and O–H groups in total. The first kappa shape index (κ1) is 14.5. The highest BCUT2D eigenvalue weighted by atomic mass is 16.3. The lowest BCUT2D eigenvalue weighted by Crippen LogP contribution is -2.50. The van der Waals surface area contributed by atoms with E-state index in [2.05, 4.69) is 17.6 Å². The molecule has 1 rings (SSSR count). The Hall–Kier alpha value is -0.610. The van der Waals surface area contributed by atoms with Crippen LogP contribution in [-0.4, -0.2) is 36.8 Å². The Bertz CT molecular complexity index is 228. The molecule has 1 aliphatic rings. The fourth-order valence-electron chi connectivity index (χ4n) is 2.59. The van der Waals surface area contributed by atoms with E-state index in [4.69, 9.17) is 5.11 Å². The van der Waals surface area contributed by atoms with Gasteiger partial charge in [-0.05, 0) is 38.8 Å². The van der Waals surface area contributed by atoms with Crippen molar-refractivity contribution in [1.29, 1.82) is 0 Å². The number of hydrogen-bond acceptors (Lipinski definition) is 3. The number of carbonyl (C=O) groups is 1. The summed E-state index contributed by atoms with van der Waals surface area (Å²) in [6.07, 6.45) is 4.58. The Morgan fingerprint density at radius 1 is 1.41 bits per heavy atom. The molecule has 100 valence electrons. The minimum absolute atomic E-state index is 0.0305. The van der Waals surface area contributed by atoms with Crippen LogP contribution in [0.2, 0.25) is 0 Å². The number of amides is 1. The van der Waals surface area contributed by atoms with Gasteiger partial charge in [0.15, 0.2) is 0 Å². The minimum atomic E-state index is -0.206. The monoisotopic (exact) mass is 242 g/mol. The highest BCUT2D eigenvalue weighted by Gasteiger charge is 2.38. The molecule has 1 heterocycles. The van der Waals surface area contributed by atoms with Gasteiger partial charge in [-0.25, -0.2) is 0 Å². The van der Waals surface area contributed by atoms with Crippen molar-refractivity contribution in [3.8, 4) is 0 Å². The summed E-state index contributed by atoms with van der Waals surface area (Å²) in [4.78, 5) is 12.4. The van der Waals surface area contributed by atoms with E-state index in [0.29, 0.717) is 0 Å². The summed E-state index contributed by atoms with van der Waals surface area (Å²) in [5.74, 6) is 0.141. The van der Waals surface area contributed by atoms with Gasteiger partial charge in [0.2, 0.25) is 5.91 Å². The molecular formula is C13H26N2O2. The predicted molar refractivity (Wildman–Crippen MR) is 68.8 cm³/mol. The molecule has 0 aromatic rings. The quantitative estimate of drug-likeness (QED) is 0.652. The Kier molecular flexibility index (Phi) is 5.92. The third kappa shape index (κ3) is 3.68. The zero-order chi connectivity index (χ0) is 12.7. The second kappa shape index (κ2) is 6.97. The van der Waals surface area contributed by atoms with Gasteiger partial charge in [0.1, 0.15) is 0 Å². The van der Waals surface area contributed by atoms with E-state index >= 15 is 0 Å². The van der Waals surface area contributed by atoms with Crippen LogP contribution in [0.4, 0.5) is 0 Å². The standard InChI is InChI=1S/C13H26N2O2/c1-3-5-13(6-8-14-9-7-13)12(17)15-11(4-2)10-16/h11,14,16H,3-10H2,1-2H3,(H,15,17)/t11-/m0/s1. The van der Waals surface area contributed by atoms with E-state index in [-0.39, 0.29) is 24.0 Å². The number of hydrogen-bond donors (Lipinski definition) is 3. The van der Waals surface area contributed by atoms with E-state index in [0.717, 1.165) is 45.2 Å². The Balaban J connectivity index is 2.65. The molecule has 4 nitrogen and oxygen atoms in total. The minimum Gasteiger partial charge on any atom is -0.394 e. The van der Waals surface area contributed by atoms with Crippen LogP contribution in [-0.2, 0) is 4.79 Å². The average Bonchev–Trinajstić information content (AvgIpc) is 2.37. The highest BCUT2D eigenvalue weighted by Crippen LogP contribution is 2.34. The first-order valence-corrected chi connectivity index (χ1v) is 6.81. The van der Waals surface area contributed by atoms with E-state index in [9.17, 15) is 4.79 Å². The molecule has 17 heavy (non-hydrogen) atoms. The van der Waals surface area contributed by atoms with Gasteiger partial charge in [0, 0.05) is 0 Å². The zero-order valence-corrected chi connectivity index (χ0v) is 11.1. The Labute approximate surface area is 104 Å². The van der Waals surface area contributed by atoms with Gasteiger partial charge < -0.3 is 15.7 Å². The molecule has 1 aliphatic heterocycles. The predicted octanol–water partition coefficient (Wildman–Crippen LogP) is 1.04. The maximum Gasteiger partial charge on any atom is 0.226 e. The molecule has 1 fully saturated rings. The summed E-state index contributed by atoms with van der Waals surface area (Å²) in [6.45, 7) is 5.98. The smallest absolute Gasteiger partial charge is 0.226 e. The summed E-state index contributed by atoms with van der Waals surface area (Å²) in [7, 11) is 0. The lowest BCUT2D eigenvalue weighted by atomic mass is 9.74. The van der Waals surface area contributed by atoms with Crippen LogP contribution in [0.15, 0.2) is 0 Å². The van der Waals surface area contributed by atoms with Gasteiger partial charge in [0.25, 0.3) is 0 Å². The fraction of sp³-hybridized carbons (Fsp3) is 0.923. The van der Waals surface area contributed by atoms with Crippen molar-refractivity contribution in [2.24, 2.45) is 5.41 Å². The van der Waals surface area contributed by atoms with E-state index in [1.807, 2.05) is 6.92 Å². The van der Waals surface area contributed by atoms with Crippen molar-refractivity contribution in [2.45, 2.75) is 52.0 Å². The number of carbonyl (C=O) groups excluding carboxylic acids is 1. The van der Waals surface area contributed by atoms with E-state index in [1.165, 1.54) is 0 Å². The van der Waals surface area contributed by atoms with E-state index in [1.54, 1.807) is 0 Å². The number of nitrogens with one attached hydrogen (secondary N) is 2. The van der Waals surface area contributed by atoms with Crippen molar-refractivity contribution >= 4 is 5.91 Å². The molecular weight excluding hydrogens is 216 g/mol. The van der Waals surface area contributed by atoms with Crippen LogP contribution in [0.1, 0.15) is 46.0 Å². The molecule has 0 aromatic carbocycles. The molecule has 0 saturated carbocycles. The summed E-state index contributed by atoms with van der Waals surface area (Å²) in [6, 6.07) is -0.0916. The summed E-state index contributed by atoms with van der Waals surface area (Å²) >= 11 is 0. The summed E-state index contributed by atoms with van der Waals surface area (Å²) in [5.41, 5.74) is -0.206. The molecule has 0 bridgehead atoms. The molecule has 1 saturated heterocycles. The van der Waals surface area contributed by atoms with Gasteiger partial charge in [-0.1, -0.05) is 20.3 Å². The van der Waals surface area contributed by atoms with Crippen molar-refractivity contribution in [3.05, 3.63) is 0 Å². The molecule has 0 aliphatic carbocycles. The fourth-order valence-corrected chi connectivity index (χ4v) is 2.59. The number of rotatable bonds is 6. The molecule has 4 heteroatoms. The normalized spacial score (nSPS) is 20.9. The number of aliphatic hydroxyl groups excluding tert-OH is 1. The molecule has 1 atom stereocenters. The summed E-state index contributed by atoms with van der Waals surface area (Å²) < 4.78 is 0. The third-order valence-corrected chi connectivity index (χ3v) is 3.82. The number of piperidine rings is 1. The first-order chi connectivity index (χ1) is 8.18. The lowest BCUT2D eigenvalue weighted by Gasteiger charge is -2.37. The summed E-state index contributed by atoms with van der Waals surface area (Å²) in [5, 5.41) is 15.5. The van der Waals surface area contributed by atoms with Gasteiger partial charge in [-0.15, -0.1) is 0 Å².